The summed E-state index contributed by atoms with van der Waals surface area (Å²) in [6.07, 6.45) is 12.1. The third-order valence-electron chi connectivity index (χ3n) is 13.2. The van der Waals surface area contributed by atoms with Gasteiger partial charge in [0, 0.05) is 51.7 Å². The molecule has 0 aliphatic carbocycles. The van der Waals surface area contributed by atoms with Gasteiger partial charge < -0.3 is 5.11 Å². The quantitative estimate of drug-likeness (QED) is 0.0302. The molecule has 318 valence electrons. The highest BCUT2D eigenvalue weighted by Crippen LogP contribution is 2.46. The number of aliphatic carboxylic acids is 1. The third-order valence-corrected chi connectivity index (χ3v) is 13.2. The number of rotatable bonds is 18. The number of hydrogen-bond donors (Lipinski definition) is 1. The van der Waals surface area contributed by atoms with Crippen molar-refractivity contribution in [3.63, 3.8) is 0 Å². The Bertz CT molecular complexity index is 2820. The molecule has 1 atom stereocenters. The molecule has 0 saturated heterocycles. The number of carbonyl (C=O) groups excluding carboxylic acids is 4. The summed E-state index contributed by atoms with van der Waals surface area (Å²) < 4.78 is 0. The first kappa shape index (κ1) is 41.6. The Morgan fingerprint density at radius 3 is 1.49 bits per heavy atom. The van der Waals surface area contributed by atoms with Crippen molar-refractivity contribution in [2.45, 2.75) is 103 Å². The molecular weight excluding hydrogens is 787 g/mol. The van der Waals surface area contributed by atoms with Gasteiger partial charge in [-0.3, -0.25) is 34.0 Å². The molecule has 7 aromatic carbocycles. The number of imide groups is 2. The highest BCUT2D eigenvalue weighted by molar-refractivity contribution is 6.41. The molecule has 1 N–H and O–H groups in total. The summed E-state index contributed by atoms with van der Waals surface area (Å²) >= 11 is 0. The van der Waals surface area contributed by atoms with E-state index in [4.69, 9.17) is 0 Å². The number of carbonyl (C=O) groups is 5. The molecule has 63 heavy (non-hydrogen) atoms. The number of nitrogens with zero attached hydrogens (tertiary/aromatic N) is 3. The number of fused-ring (bicyclic) bond motifs is 2. The lowest BCUT2D eigenvalue weighted by atomic mass is 9.82. The maximum atomic E-state index is 14.5. The Kier molecular flexibility index (Phi) is 11.6. The first-order valence-corrected chi connectivity index (χ1v) is 22.5. The van der Waals surface area contributed by atoms with E-state index in [1.165, 1.54) is 11.1 Å². The molecule has 9 heteroatoms. The molecule has 0 spiro atoms. The van der Waals surface area contributed by atoms with Gasteiger partial charge in [0.25, 0.3) is 23.6 Å². The van der Waals surface area contributed by atoms with Crippen molar-refractivity contribution in [3.8, 4) is 0 Å². The summed E-state index contributed by atoms with van der Waals surface area (Å²) in [4.78, 5) is 76.7. The van der Waals surface area contributed by atoms with E-state index >= 15 is 0 Å². The average Bonchev–Trinajstić information content (AvgIpc) is 3.30. The minimum Gasteiger partial charge on any atom is -0.480 e. The van der Waals surface area contributed by atoms with Crippen molar-refractivity contribution in [2.24, 2.45) is 4.99 Å². The minimum absolute atomic E-state index is 0.0520. The topological polar surface area (TPSA) is 124 Å². The second-order valence-electron chi connectivity index (χ2n) is 17.2. The van der Waals surface area contributed by atoms with Crippen LogP contribution >= 0.6 is 0 Å². The van der Waals surface area contributed by atoms with Crippen LogP contribution in [0.25, 0.3) is 43.1 Å². The first-order valence-electron chi connectivity index (χ1n) is 22.5. The molecule has 9 nitrogen and oxygen atoms in total. The van der Waals surface area contributed by atoms with Crippen LogP contribution in [-0.4, -0.2) is 62.8 Å². The molecule has 7 aromatic rings. The molecule has 1 unspecified atom stereocenters. The molecule has 4 amide bonds. The van der Waals surface area contributed by atoms with Crippen molar-refractivity contribution < 1.29 is 29.1 Å². The third kappa shape index (κ3) is 7.53. The van der Waals surface area contributed by atoms with Crippen LogP contribution in [0, 0.1) is 0 Å². The van der Waals surface area contributed by atoms with E-state index in [1.807, 2.05) is 78.9 Å². The highest BCUT2D eigenvalue weighted by Gasteiger charge is 2.39. The Morgan fingerprint density at radius 2 is 1.03 bits per heavy atom. The van der Waals surface area contributed by atoms with Gasteiger partial charge >= 0.3 is 5.97 Å². The first-order chi connectivity index (χ1) is 30.7. The lowest BCUT2D eigenvalue weighted by Crippen LogP contribution is -2.47. The summed E-state index contributed by atoms with van der Waals surface area (Å²) in [6, 6.07) is 30.6. The Labute approximate surface area is 366 Å². The van der Waals surface area contributed by atoms with Crippen molar-refractivity contribution in [2.75, 3.05) is 0 Å². The van der Waals surface area contributed by atoms with E-state index in [-0.39, 0.29) is 30.8 Å². The number of amides is 4. The molecule has 0 fully saturated rings. The standard InChI is InChI=1S/C54H51N3O6/c1-3-5-7-12-16-36(17-13-8-6-4-2)57-52(60)43-28-24-39-37-22-26-41-48-42(27-23-38(46(37)48)40-25-29-44(53(57)61)49(43)47(39)40)51(59)56(50(41)58)32-35-20-18-34(19-21-35)31-55-45(54(62)63)30-33-14-10-9-11-15-33/h9-11,14-15,18-29,31,36,45H,3-8,12-13,16-17,30,32H2,1-2H3,(H,62,63). The van der Waals surface area contributed by atoms with Gasteiger partial charge in [-0.05, 0) is 86.1 Å². The fourth-order valence-electron chi connectivity index (χ4n) is 9.94. The summed E-state index contributed by atoms with van der Waals surface area (Å²) in [5, 5.41) is 16.2. The van der Waals surface area contributed by atoms with Crippen LogP contribution in [0.1, 0.15) is 136 Å². The largest absolute Gasteiger partial charge is 0.480 e. The second kappa shape index (κ2) is 17.6. The van der Waals surface area contributed by atoms with E-state index in [0.717, 1.165) is 108 Å². The maximum absolute atomic E-state index is 14.5. The van der Waals surface area contributed by atoms with Crippen LogP contribution in [-0.2, 0) is 17.8 Å². The minimum atomic E-state index is -1.01. The summed E-state index contributed by atoms with van der Waals surface area (Å²) in [5.74, 6) is -2.25. The fourth-order valence-corrected chi connectivity index (χ4v) is 9.94. The Hall–Kier alpha value is -6.74. The van der Waals surface area contributed by atoms with E-state index in [2.05, 4.69) is 18.8 Å². The normalized spacial score (nSPS) is 14.5. The monoisotopic (exact) mass is 837 g/mol. The van der Waals surface area contributed by atoms with Crippen molar-refractivity contribution in [3.05, 3.63) is 142 Å². The molecule has 0 bridgehead atoms. The number of carboxylic acids is 1. The van der Waals surface area contributed by atoms with Crippen LogP contribution < -0.4 is 0 Å². The van der Waals surface area contributed by atoms with Gasteiger partial charge in [0.15, 0.2) is 6.04 Å². The van der Waals surface area contributed by atoms with Crippen LogP contribution in [0.15, 0.2) is 108 Å². The van der Waals surface area contributed by atoms with E-state index in [0.29, 0.717) is 38.6 Å². The van der Waals surface area contributed by atoms with Crippen LogP contribution in [0.2, 0.25) is 0 Å². The van der Waals surface area contributed by atoms with E-state index in [1.54, 1.807) is 29.2 Å². The van der Waals surface area contributed by atoms with Gasteiger partial charge in [0.1, 0.15) is 0 Å². The summed E-state index contributed by atoms with van der Waals surface area (Å²) in [5.41, 5.74) is 4.27. The van der Waals surface area contributed by atoms with E-state index < -0.39 is 23.8 Å². The summed E-state index contributed by atoms with van der Waals surface area (Å²) in [6.45, 7) is 4.42. The van der Waals surface area contributed by atoms with Gasteiger partial charge in [-0.25, -0.2) is 4.79 Å². The number of hydrogen-bond acceptors (Lipinski definition) is 6. The van der Waals surface area contributed by atoms with Gasteiger partial charge in [0.05, 0.1) is 6.54 Å². The number of unbranched alkanes of at least 4 members (excludes halogenated alkanes) is 6. The highest BCUT2D eigenvalue weighted by atomic mass is 16.4. The Balaban J connectivity index is 1.02. The smallest absolute Gasteiger partial charge is 0.328 e. The fraction of sp³-hybridized carbons (Fsp3) is 0.296. The Morgan fingerprint density at radius 1 is 0.556 bits per heavy atom. The molecule has 9 rings (SSSR count). The van der Waals surface area contributed by atoms with Gasteiger partial charge in [-0.2, -0.15) is 0 Å². The van der Waals surface area contributed by atoms with Gasteiger partial charge in [-0.1, -0.05) is 144 Å². The lowest BCUT2D eigenvalue weighted by molar-refractivity contribution is -0.138. The van der Waals surface area contributed by atoms with Crippen LogP contribution in [0.3, 0.4) is 0 Å². The SMILES string of the molecule is CCCCCCC(CCCCCC)N1C(=O)c2ccc3c4ccc5c6c(ccc(c7ccc(c2c37)C1=O)c64)C(=O)N(Cc1ccc(C=NC(Cc2ccccc2)C(=O)O)cc1)C5=O. The molecule has 0 aromatic heterocycles. The number of aliphatic imine (C=N–C) groups is 1. The molecule has 0 saturated carbocycles. The zero-order valence-electron chi connectivity index (χ0n) is 35.9. The predicted octanol–water partition coefficient (Wildman–Crippen LogP) is 11.6. The van der Waals surface area contributed by atoms with Crippen molar-refractivity contribution in [1.82, 2.24) is 9.80 Å². The van der Waals surface area contributed by atoms with Crippen LogP contribution in [0.4, 0.5) is 0 Å². The van der Waals surface area contributed by atoms with Gasteiger partial charge in [0.2, 0.25) is 0 Å². The maximum Gasteiger partial charge on any atom is 0.328 e. The average molecular weight is 838 g/mol. The van der Waals surface area contributed by atoms with Gasteiger partial charge in [-0.15, -0.1) is 0 Å². The summed E-state index contributed by atoms with van der Waals surface area (Å²) in [7, 11) is 0. The second-order valence-corrected chi connectivity index (χ2v) is 17.2. The van der Waals surface area contributed by atoms with Crippen molar-refractivity contribution >= 4 is 78.9 Å². The zero-order valence-corrected chi connectivity index (χ0v) is 35.9. The molecule has 2 aliphatic rings. The number of carboxylic acid groups (broad SMARTS) is 1. The van der Waals surface area contributed by atoms with E-state index in [9.17, 15) is 29.1 Å². The zero-order chi connectivity index (χ0) is 43.8. The molecule has 0 radical (unpaired) electrons. The molecule has 2 heterocycles. The van der Waals surface area contributed by atoms with Crippen molar-refractivity contribution in [1.29, 1.82) is 0 Å². The molecular formula is C54H51N3O6. The number of benzene rings is 7. The molecule has 2 aliphatic heterocycles. The van der Waals surface area contributed by atoms with Crippen LogP contribution in [0.5, 0.6) is 0 Å². The predicted molar refractivity (Wildman–Crippen MR) is 249 cm³/mol. The lowest BCUT2D eigenvalue weighted by Gasteiger charge is -2.35.